The molecule has 0 aromatic rings. The monoisotopic (exact) mass is 295 g/mol. The maximum absolute atomic E-state index is 11.8. The van der Waals surface area contributed by atoms with Gasteiger partial charge in [0.1, 0.15) is 0 Å². The number of likely N-dealkylation sites (tertiary alicyclic amines) is 1. The lowest BCUT2D eigenvalue weighted by Gasteiger charge is -2.32. The molecule has 0 spiro atoms. The summed E-state index contributed by atoms with van der Waals surface area (Å²) in [6.07, 6.45) is 6.67. The highest BCUT2D eigenvalue weighted by Crippen LogP contribution is 2.33. The topological polar surface area (TPSA) is 58.4 Å². The summed E-state index contributed by atoms with van der Waals surface area (Å²) in [5.74, 6) is 0.0809. The van der Waals surface area contributed by atoms with E-state index in [2.05, 4.69) is 10.2 Å². The van der Waals surface area contributed by atoms with Crippen LogP contribution in [0.4, 0.5) is 0 Å². The molecule has 18 heavy (non-hydrogen) atoms. The van der Waals surface area contributed by atoms with E-state index >= 15 is 0 Å². The van der Waals surface area contributed by atoms with E-state index in [9.17, 15) is 4.79 Å². The van der Waals surface area contributed by atoms with Crippen LogP contribution in [0.25, 0.3) is 0 Å². The van der Waals surface area contributed by atoms with Crippen LogP contribution in [0.3, 0.4) is 0 Å². The van der Waals surface area contributed by atoms with Gasteiger partial charge in [0.25, 0.3) is 0 Å². The van der Waals surface area contributed by atoms with Crippen molar-refractivity contribution in [3.63, 3.8) is 0 Å². The van der Waals surface area contributed by atoms with Crippen molar-refractivity contribution in [2.45, 2.75) is 56.1 Å². The molecule has 0 unspecified atom stereocenters. The van der Waals surface area contributed by atoms with Gasteiger partial charge in [-0.1, -0.05) is 0 Å². The first kappa shape index (κ1) is 16.0. The summed E-state index contributed by atoms with van der Waals surface area (Å²) >= 11 is 0. The smallest absolute Gasteiger partial charge is 0.240 e. The largest absolute Gasteiger partial charge is 0.352 e. The van der Waals surface area contributed by atoms with Gasteiger partial charge in [0.2, 0.25) is 5.91 Å². The van der Waals surface area contributed by atoms with Crippen molar-refractivity contribution < 1.29 is 4.79 Å². The number of halogens is 2. The van der Waals surface area contributed by atoms with Gasteiger partial charge in [-0.2, -0.15) is 0 Å². The standard InChI is InChI=1S/C12H21N3O.2ClH/c13-12(5-6-12)11(16)14-9-3-7-15(8-4-9)10-1-2-10;;/h9-10H,1-8,13H2,(H,14,16);2*1H. The number of piperidine rings is 1. The Hall–Kier alpha value is -0.0300. The molecule has 3 fully saturated rings. The number of nitrogens with two attached hydrogens (primary N) is 1. The molecule has 3 rings (SSSR count). The third-order valence-electron chi connectivity index (χ3n) is 4.17. The van der Waals surface area contributed by atoms with E-state index in [1.807, 2.05) is 0 Å². The summed E-state index contributed by atoms with van der Waals surface area (Å²) in [6, 6.07) is 1.23. The summed E-state index contributed by atoms with van der Waals surface area (Å²) in [7, 11) is 0. The van der Waals surface area contributed by atoms with E-state index in [1.54, 1.807) is 0 Å². The van der Waals surface area contributed by atoms with Gasteiger partial charge in [-0.3, -0.25) is 4.79 Å². The molecule has 3 aliphatic rings. The van der Waals surface area contributed by atoms with Crippen molar-refractivity contribution in [3.05, 3.63) is 0 Å². The highest BCUT2D eigenvalue weighted by atomic mass is 35.5. The molecule has 1 aliphatic heterocycles. The summed E-state index contributed by atoms with van der Waals surface area (Å²) in [5, 5.41) is 3.11. The maximum Gasteiger partial charge on any atom is 0.240 e. The highest BCUT2D eigenvalue weighted by molar-refractivity contribution is 5.89. The number of rotatable bonds is 3. The van der Waals surface area contributed by atoms with Gasteiger partial charge in [0, 0.05) is 25.2 Å². The quantitative estimate of drug-likeness (QED) is 0.819. The molecule has 0 aromatic heterocycles. The van der Waals surface area contributed by atoms with E-state index in [4.69, 9.17) is 5.73 Å². The number of carbonyl (C=O) groups excluding carboxylic acids is 1. The molecule has 6 heteroatoms. The molecule has 0 bridgehead atoms. The Kier molecular flexibility index (Phi) is 5.30. The predicted molar refractivity (Wildman–Crippen MR) is 76.4 cm³/mol. The first-order valence-electron chi connectivity index (χ1n) is 6.51. The van der Waals surface area contributed by atoms with Crippen molar-refractivity contribution in [3.8, 4) is 0 Å². The predicted octanol–water partition coefficient (Wildman–Crippen LogP) is 1.06. The summed E-state index contributed by atoms with van der Waals surface area (Å²) in [4.78, 5) is 14.3. The molecule has 1 heterocycles. The number of amides is 1. The van der Waals surface area contributed by atoms with Crippen molar-refractivity contribution in [1.82, 2.24) is 10.2 Å². The molecule has 3 N–H and O–H groups in total. The molecule has 0 atom stereocenters. The third-order valence-corrected chi connectivity index (χ3v) is 4.17. The minimum atomic E-state index is -0.506. The fraction of sp³-hybridized carbons (Fsp3) is 0.917. The van der Waals surface area contributed by atoms with Crippen molar-refractivity contribution >= 4 is 30.7 Å². The van der Waals surface area contributed by atoms with Gasteiger partial charge >= 0.3 is 0 Å². The van der Waals surface area contributed by atoms with Crippen LogP contribution >= 0.6 is 24.8 Å². The van der Waals surface area contributed by atoms with Crippen molar-refractivity contribution in [2.75, 3.05) is 13.1 Å². The molecule has 4 nitrogen and oxygen atoms in total. The Morgan fingerprint density at radius 1 is 1.11 bits per heavy atom. The van der Waals surface area contributed by atoms with Crippen LogP contribution in [0, 0.1) is 0 Å². The Labute approximate surface area is 121 Å². The summed E-state index contributed by atoms with van der Waals surface area (Å²) in [5.41, 5.74) is 5.36. The SMILES string of the molecule is Cl.Cl.NC1(C(=O)NC2CCN(C3CC3)CC2)CC1. The van der Waals surface area contributed by atoms with Crippen LogP contribution in [0.1, 0.15) is 38.5 Å². The zero-order valence-corrected chi connectivity index (χ0v) is 12.2. The molecule has 0 aromatic carbocycles. The second-order valence-electron chi connectivity index (χ2n) is 5.67. The number of hydrogen-bond donors (Lipinski definition) is 2. The van der Waals surface area contributed by atoms with E-state index < -0.39 is 5.54 Å². The zero-order chi connectivity index (χ0) is 11.2. The van der Waals surface area contributed by atoms with Gasteiger partial charge in [-0.25, -0.2) is 0 Å². The van der Waals surface area contributed by atoms with Gasteiger partial charge in [-0.05, 0) is 38.5 Å². The van der Waals surface area contributed by atoms with E-state index in [1.165, 1.54) is 12.8 Å². The maximum atomic E-state index is 11.8. The zero-order valence-electron chi connectivity index (χ0n) is 10.6. The van der Waals surface area contributed by atoms with E-state index in [-0.39, 0.29) is 30.7 Å². The first-order chi connectivity index (χ1) is 7.67. The van der Waals surface area contributed by atoms with E-state index in [0.717, 1.165) is 44.8 Å². The minimum absolute atomic E-state index is 0. The van der Waals surface area contributed by atoms with Gasteiger partial charge in [0.05, 0.1) is 5.54 Å². The molecule has 106 valence electrons. The Morgan fingerprint density at radius 3 is 2.11 bits per heavy atom. The number of hydrogen-bond acceptors (Lipinski definition) is 3. The molecule has 2 aliphatic carbocycles. The Morgan fingerprint density at radius 2 is 1.67 bits per heavy atom. The van der Waals surface area contributed by atoms with Crippen LogP contribution < -0.4 is 11.1 Å². The number of carbonyl (C=O) groups is 1. The van der Waals surface area contributed by atoms with Gasteiger partial charge in [-0.15, -0.1) is 24.8 Å². The second-order valence-corrected chi connectivity index (χ2v) is 5.67. The lowest BCUT2D eigenvalue weighted by Crippen LogP contribution is -2.51. The molecule has 0 radical (unpaired) electrons. The number of nitrogens with one attached hydrogen (secondary N) is 1. The highest BCUT2D eigenvalue weighted by Gasteiger charge is 2.46. The number of nitrogens with zero attached hydrogens (tertiary/aromatic N) is 1. The van der Waals surface area contributed by atoms with Gasteiger partial charge < -0.3 is 16.0 Å². The first-order valence-corrected chi connectivity index (χ1v) is 6.51. The van der Waals surface area contributed by atoms with Gasteiger partial charge in [0.15, 0.2) is 0 Å². The Balaban J connectivity index is 0.000000810. The van der Waals surface area contributed by atoms with Crippen LogP contribution in [0.15, 0.2) is 0 Å². The van der Waals surface area contributed by atoms with Crippen LogP contribution in [0.5, 0.6) is 0 Å². The molecular formula is C12H23Cl2N3O. The minimum Gasteiger partial charge on any atom is -0.352 e. The summed E-state index contributed by atoms with van der Waals surface area (Å²) < 4.78 is 0. The van der Waals surface area contributed by atoms with Crippen LogP contribution in [0.2, 0.25) is 0 Å². The van der Waals surface area contributed by atoms with Crippen LogP contribution in [-0.4, -0.2) is 41.5 Å². The van der Waals surface area contributed by atoms with E-state index in [0.29, 0.717) is 6.04 Å². The molecule has 2 saturated carbocycles. The average Bonchev–Trinajstić information content (AvgIpc) is 3.13. The fourth-order valence-electron chi connectivity index (χ4n) is 2.54. The second kappa shape index (κ2) is 5.95. The molecular weight excluding hydrogens is 273 g/mol. The summed E-state index contributed by atoms with van der Waals surface area (Å²) in [6.45, 7) is 2.29. The van der Waals surface area contributed by atoms with Crippen LogP contribution in [-0.2, 0) is 4.79 Å². The molecule has 1 saturated heterocycles. The lowest BCUT2D eigenvalue weighted by atomic mass is 10.0. The third kappa shape index (κ3) is 3.50. The average molecular weight is 296 g/mol. The normalized spacial score (nSPS) is 26.7. The molecule has 1 amide bonds. The van der Waals surface area contributed by atoms with Crippen molar-refractivity contribution in [2.24, 2.45) is 5.73 Å². The Bertz CT molecular complexity index is 298. The van der Waals surface area contributed by atoms with Crippen molar-refractivity contribution in [1.29, 1.82) is 0 Å². The lowest BCUT2D eigenvalue weighted by molar-refractivity contribution is -0.124. The fourth-order valence-corrected chi connectivity index (χ4v) is 2.54.